The number of benzene rings is 1. The molecule has 41 heavy (non-hydrogen) atoms. The highest BCUT2D eigenvalue weighted by molar-refractivity contribution is 6.00. The molecular formula is C29H33N7O5. The standard InChI is InChI=1S/C29H33N7O5/c37-25-9-7-23(27(38)31-25)35-22-3-1-2-21(26(22)34(28(35)39)19-4-5-19)33-16-12-29(13-17-33)10-14-32(15-11-29)20-6-8-24(30-18-20)36(40)41/h1-3,6,8,18-19,23H,4-5,7,9-17H2,(H,31,37,38)/t23-/m1/s1. The van der Waals surface area contributed by atoms with Crippen molar-refractivity contribution in [3.8, 4) is 0 Å². The number of para-hydroxylation sites is 1. The van der Waals surface area contributed by atoms with Crippen LogP contribution in [-0.4, -0.2) is 57.0 Å². The second kappa shape index (κ2) is 9.71. The lowest BCUT2D eigenvalue weighted by molar-refractivity contribution is -0.389. The Morgan fingerprint density at radius 1 is 0.902 bits per heavy atom. The molecule has 214 valence electrons. The first-order valence-corrected chi connectivity index (χ1v) is 14.5. The lowest BCUT2D eigenvalue weighted by atomic mass is 9.71. The number of carbonyl (C=O) groups excluding carboxylic acids is 2. The Labute approximate surface area is 236 Å². The quantitative estimate of drug-likeness (QED) is 0.286. The number of hydrogen-bond donors (Lipinski definition) is 1. The van der Waals surface area contributed by atoms with E-state index in [9.17, 15) is 24.5 Å². The van der Waals surface area contributed by atoms with Crippen LogP contribution >= 0.6 is 0 Å². The molecule has 3 aliphatic heterocycles. The number of nitrogens with zero attached hydrogens (tertiary/aromatic N) is 6. The van der Waals surface area contributed by atoms with Gasteiger partial charge >= 0.3 is 11.5 Å². The van der Waals surface area contributed by atoms with Crippen molar-refractivity contribution in [1.29, 1.82) is 0 Å². The molecule has 7 rings (SSSR count). The molecule has 2 amide bonds. The van der Waals surface area contributed by atoms with E-state index >= 15 is 0 Å². The number of rotatable bonds is 5. The molecule has 5 heterocycles. The minimum atomic E-state index is -0.682. The van der Waals surface area contributed by atoms with Crippen LogP contribution in [0.15, 0.2) is 41.3 Å². The van der Waals surface area contributed by atoms with Crippen LogP contribution in [-0.2, 0) is 9.59 Å². The van der Waals surface area contributed by atoms with E-state index in [2.05, 4.69) is 26.2 Å². The molecule has 4 fully saturated rings. The van der Waals surface area contributed by atoms with Crippen molar-refractivity contribution in [2.45, 2.75) is 63.5 Å². The fourth-order valence-corrected chi connectivity index (χ4v) is 7.07. The fraction of sp³-hybridized carbons (Fsp3) is 0.517. The number of fused-ring (bicyclic) bond motifs is 1. The Balaban J connectivity index is 1.11. The first-order chi connectivity index (χ1) is 19.8. The third-order valence-electron chi connectivity index (χ3n) is 9.61. The van der Waals surface area contributed by atoms with Gasteiger partial charge in [-0.15, -0.1) is 0 Å². The number of pyridine rings is 1. The molecule has 1 spiro atoms. The van der Waals surface area contributed by atoms with E-state index < -0.39 is 16.9 Å². The number of carbonyl (C=O) groups is 2. The van der Waals surface area contributed by atoms with Gasteiger partial charge in [0.1, 0.15) is 6.04 Å². The van der Waals surface area contributed by atoms with Crippen LogP contribution in [0.3, 0.4) is 0 Å². The Morgan fingerprint density at radius 3 is 2.22 bits per heavy atom. The zero-order valence-corrected chi connectivity index (χ0v) is 22.8. The van der Waals surface area contributed by atoms with Crippen molar-refractivity contribution in [2.24, 2.45) is 5.41 Å². The van der Waals surface area contributed by atoms with Crippen LogP contribution in [0.4, 0.5) is 17.2 Å². The van der Waals surface area contributed by atoms with E-state index in [1.165, 1.54) is 6.07 Å². The minimum absolute atomic E-state index is 0.135. The topological polar surface area (TPSA) is 136 Å². The van der Waals surface area contributed by atoms with Gasteiger partial charge in [-0.1, -0.05) is 6.07 Å². The molecule has 2 aromatic heterocycles. The molecule has 1 saturated carbocycles. The summed E-state index contributed by atoms with van der Waals surface area (Å²) < 4.78 is 3.52. The summed E-state index contributed by atoms with van der Waals surface area (Å²) >= 11 is 0. The normalized spacial score (nSPS) is 22.8. The molecule has 1 aromatic carbocycles. The smallest absolute Gasteiger partial charge is 0.363 e. The van der Waals surface area contributed by atoms with Gasteiger partial charge < -0.3 is 19.9 Å². The predicted octanol–water partition coefficient (Wildman–Crippen LogP) is 3.31. The Kier molecular flexibility index (Phi) is 6.09. The second-order valence-electron chi connectivity index (χ2n) is 12.0. The largest absolute Gasteiger partial charge is 0.370 e. The zero-order chi connectivity index (χ0) is 28.3. The van der Waals surface area contributed by atoms with E-state index in [-0.39, 0.29) is 35.3 Å². The summed E-state index contributed by atoms with van der Waals surface area (Å²) in [5.74, 6) is -0.827. The molecule has 0 bridgehead atoms. The first kappa shape index (κ1) is 25.7. The lowest BCUT2D eigenvalue weighted by Gasteiger charge is -2.47. The number of anilines is 2. The number of amides is 2. The predicted molar refractivity (Wildman–Crippen MR) is 152 cm³/mol. The highest BCUT2D eigenvalue weighted by Gasteiger charge is 2.40. The number of piperidine rings is 3. The third kappa shape index (κ3) is 4.45. The number of nitrogens with one attached hydrogen (secondary N) is 1. The molecule has 12 nitrogen and oxygen atoms in total. The van der Waals surface area contributed by atoms with Gasteiger partial charge in [0.2, 0.25) is 11.8 Å². The van der Waals surface area contributed by atoms with Crippen LogP contribution in [0.1, 0.15) is 63.5 Å². The maximum atomic E-state index is 13.8. The van der Waals surface area contributed by atoms with Crippen LogP contribution in [0, 0.1) is 15.5 Å². The summed E-state index contributed by atoms with van der Waals surface area (Å²) in [5.41, 5.74) is 3.73. The molecule has 3 aromatic rings. The van der Waals surface area contributed by atoms with E-state index in [1.54, 1.807) is 16.8 Å². The molecule has 1 atom stereocenters. The second-order valence-corrected chi connectivity index (χ2v) is 12.0. The van der Waals surface area contributed by atoms with Gasteiger partial charge in [-0.3, -0.25) is 24.0 Å². The lowest BCUT2D eigenvalue weighted by Crippen LogP contribution is -2.47. The number of hydrogen-bond acceptors (Lipinski definition) is 8. The van der Waals surface area contributed by atoms with E-state index in [1.807, 2.05) is 16.7 Å². The Bertz CT molecular complexity index is 1590. The van der Waals surface area contributed by atoms with E-state index in [0.717, 1.165) is 87.1 Å². The molecule has 0 unspecified atom stereocenters. The first-order valence-electron chi connectivity index (χ1n) is 14.5. The van der Waals surface area contributed by atoms with E-state index in [4.69, 9.17) is 0 Å². The molecule has 1 aliphatic carbocycles. The number of imidazole rings is 1. The number of imide groups is 1. The van der Waals surface area contributed by atoms with Gasteiger partial charge in [0.15, 0.2) is 6.20 Å². The highest BCUT2D eigenvalue weighted by atomic mass is 16.6. The van der Waals surface area contributed by atoms with Crippen molar-refractivity contribution in [1.82, 2.24) is 19.4 Å². The van der Waals surface area contributed by atoms with Crippen molar-refractivity contribution >= 4 is 40.0 Å². The molecule has 4 aliphatic rings. The molecular weight excluding hydrogens is 526 g/mol. The van der Waals surface area contributed by atoms with Gasteiger partial charge in [0, 0.05) is 44.7 Å². The summed E-state index contributed by atoms with van der Waals surface area (Å²) in [6.07, 6.45) is 8.28. The summed E-state index contributed by atoms with van der Waals surface area (Å²) in [4.78, 5) is 57.4. The van der Waals surface area contributed by atoms with Crippen LogP contribution in [0.5, 0.6) is 0 Å². The van der Waals surface area contributed by atoms with Gasteiger partial charge in [0.05, 0.1) is 22.4 Å². The van der Waals surface area contributed by atoms with Gasteiger partial charge in [-0.05, 0) is 78.5 Å². The zero-order valence-electron chi connectivity index (χ0n) is 22.8. The summed E-state index contributed by atoms with van der Waals surface area (Å²) in [5, 5.41) is 13.4. The van der Waals surface area contributed by atoms with Crippen molar-refractivity contribution in [3.05, 3.63) is 57.1 Å². The SMILES string of the molecule is O=C1CC[C@@H](n2c(=O)n(C3CC3)c3c(N4CCC5(CCN(c6ccc([N+](=O)[O-])nc6)CC5)CC4)cccc32)C(=O)N1. The van der Waals surface area contributed by atoms with Crippen LogP contribution in [0.2, 0.25) is 0 Å². The van der Waals surface area contributed by atoms with Crippen molar-refractivity contribution in [2.75, 3.05) is 36.0 Å². The summed E-state index contributed by atoms with van der Waals surface area (Å²) in [6.45, 7) is 3.57. The maximum Gasteiger partial charge on any atom is 0.363 e. The summed E-state index contributed by atoms with van der Waals surface area (Å²) in [7, 11) is 0. The molecule has 12 heteroatoms. The van der Waals surface area contributed by atoms with Gasteiger partial charge in [-0.25, -0.2) is 4.79 Å². The van der Waals surface area contributed by atoms with E-state index in [0.29, 0.717) is 6.42 Å². The maximum absolute atomic E-state index is 13.8. The molecule has 3 saturated heterocycles. The van der Waals surface area contributed by atoms with Gasteiger partial charge in [0.25, 0.3) is 0 Å². The summed E-state index contributed by atoms with van der Waals surface area (Å²) in [6, 6.07) is 8.71. The monoisotopic (exact) mass is 559 g/mol. The Morgan fingerprint density at radius 2 is 1.61 bits per heavy atom. The number of aromatic nitrogens is 3. The molecule has 0 radical (unpaired) electrons. The van der Waals surface area contributed by atoms with Crippen LogP contribution < -0.4 is 20.8 Å². The third-order valence-corrected chi connectivity index (χ3v) is 9.61. The average Bonchev–Trinajstić information content (AvgIpc) is 3.77. The van der Waals surface area contributed by atoms with Gasteiger partial charge in [-0.2, -0.15) is 0 Å². The van der Waals surface area contributed by atoms with Crippen molar-refractivity contribution in [3.63, 3.8) is 0 Å². The van der Waals surface area contributed by atoms with Crippen LogP contribution in [0.25, 0.3) is 11.0 Å². The minimum Gasteiger partial charge on any atom is -0.370 e. The average molecular weight is 560 g/mol. The number of nitro groups is 1. The fourth-order valence-electron chi connectivity index (χ4n) is 7.07. The van der Waals surface area contributed by atoms with Crippen molar-refractivity contribution < 1.29 is 14.5 Å². The Hall–Kier alpha value is -4.22. The molecule has 1 N–H and O–H groups in total. The highest BCUT2D eigenvalue weighted by Crippen LogP contribution is 2.45.